The number of ether oxygens (including phenoxy) is 1. The molecule has 0 radical (unpaired) electrons. The van der Waals surface area contributed by atoms with Crippen LogP contribution in [0.5, 0.6) is 5.75 Å². The molecule has 1 heterocycles. The van der Waals surface area contributed by atoms with Crippen molar-refractivity contribution in [2.75, 3.05) is 33.3 Å². The third-order valence-corrected chi connectivity index (χ3v) is 4.44. The highest BCUT2D eigenvalue weighted by atomic mass is 16.5. The van der Waals surface area contributed by atoms with Crippen molar-refractivity contribution in [2.45, 2.75) is 32.0 Å². The molecule has 4 heteroatoms. The van der Waals surface area contributed by atoms with Crippen LogP contribution in [-0.4, -0.2) is 49.1 Å². The summed E-state index contributed by atoms with van der Waals surface area (Å²) >= 11 is 0. The van der Waals surface area contributed by atoms with Gasteiger partial charge in [-0.05, 0) is 30.5 Å². The Hall–Kier alpha value is -1.10. The summed E-state index contributed by atoms with van der Waals surface area (Å²) < 4.78 is 5.48. The zero-order valence-corrected chi connectivity index (χ0v) is 12.3. The Balaban J connectivity index is 1.62. The summed E-state index contributed by atoms with van der Waals surface area (Å²) in [5.41, 5.74) is 8.18. The van der Waals surface area contributed by atoms with Crippen LogP contribution in [0.3, 0.4) is 0 Å². The molecule has 2 fully saturated rings. The van der Waals surface area contributed by atoms with Crippen LogP contribution in [0.15, 0.2) is 18.2 Å². The Morgan fingerprint density at radius 1 is 1.20 bits per heavy atom. The maximum Gasteiger partial charge on any atom is 0.123 e. The van der Waals surface area contributed by atoms with Crippen LogP contribution in [0.1, 0.15) is 24.0 Å². The Kier molecular flexibility index (Phi) is 4.24. The van der Waals surface area contributed by atoms with Crippen molar-refractivity contribution in [3.8, 4) is 5.75 Å². The van der Waals surface area contributed by atoms with Gasteiger partial charge in [0.05, 0.1) is 7.11 Å². The van der Waals surface area contributed by atoms with Gasteiger partial charge in [0.1, 0.15) is 5.75 Å². The minimum Gasteiger partial charge on any atom is -0.496 e. The fourth-order valence-corrected chi connectivity index (χ4v) is 3.05. The number of benzene rings is 1. The van der Waals surface area contributed by atoms with Crippen molar-refractivity contribution in [3.05, 3.63) is 29.3 Å². The molecule has 1 saturated heterocycles. The Morgan fingerprint density at radius 2 is 1.95 bits per heavy atom. The molecule has 0 atom stereocenters. The number of nitrogens with zero attached hydrogens (tertiary/aromatic N) is 2. The van der Waals surface area contributed by atoms with Crippen LogP contribution in [0.2, 0.25) is 0 Å². The summed E-state index contributed by atoms with van der Waals surface area (Å²) in [4.78, 5) is 5.17. The van der Waals surface area contributed by atoms with Crippen molar-refractivity contribution in [1.29, 1.82) is 0 Å². The summed E-state index contributed by atoms with van der Waals surface area (Å²) in [6.07, 6.45) is 2.82. The molecule has 0 bridgehead atoms. The first kappa shape index (κ1) is 13.9. The average Bonchev–Trinajstić information content (AvgIpc) is 3.32. The molecule has 0 amide bonds. The maximum atomic E-state index is 5.74. The highest BCUT2D eigenvalue weighted by Crippen LogP contribution is 2.28. The summed E-state index contributed by atoms with van der Waals surface area (Å²) in [7, 11) is 1.74. The zero-order chi connectivity index (χ0) is 13.9. The lowest BCUT2D eigenvalue weighted by atomic mass is 10.1. The zero-order valence-electron chi connectivity index (χ0n) is 12.3. The minimum atomic E-state index is 0.590. The largest absolute Gasteiger partial charge is 0.496 e. The third-order valence-electron chi connectivity index (χ3n) is 4.44. The van der Waals surface area contributed by atoms with E-state index < -0.39 is 0 Å². The minimum absolute atomic E-state index is 0.590. The Bertz CT molecular complexity index is 451. The topological polar surface area (TPSA) is 41.7 Å². The highest BCUT2D eigenvalue weighted by molar-refractivity contribution is 5.37. The van der Waals surface area contributed by atoms with Crippen molar-refractivity contribution in [1.82, 2.24) is 9.80 Å². The van der Waals surface area contributed by atoms with Crippen LogP contribution in [0.4, 0.5) is 0 Å². The van der Waals surface area contributed by atoms with Gasteiger partial charge in [-0.15, -0.1) is 0 Å². The fraction of sp³-hybridized carbons (Fsp3) is 0.625. The van der Waals surface area contributed by atoms with Crippen LogP contribution in [0, 0.1) is 0 Å². The summed E-state index contributed by atoms with van der Waals surface area (Å²) in [6, 6.07) is 7.17. The van der Waals surface area contributed by atoms with Gasteiger partial charge < -0.3 is 10.5 Å². The standard InChI is InChI=1S/C16H25N3O/c1-20-16-5-2-13(11-17)10-14(16)12-18-6-8-19(9-7-18)15-3-4-15/h2,5,10,15H,3-4,6-9,11-12,17H2,1H3. The first-order valence-corrected chi connectivity index (χ1v) is 7.62. The molecule has 0 aromatic heterocycles. The number of hydrogen-bond acceptors (Lipinski definition) is 4. The van der Waals surface area contributed by atoms with Gasteiger partial charge in [-0.3, -0.25) is 9.80 Å². The van der Waals surface area contributed by atoms with E-state index in [9.17, 15) is 0 Å². The van der Waals surface area contributed by atoms with E-state index in [0.717, 1.165) is 31.4 Å². The number of piperazine rings is 1. The predicted molar refractivity (Wildman–Crippen MR) is 80.8 cm³/mol. The average molecular weight is 275 g/mol. The molecule has 2 N–H and O–H groups in total. The van der Waals surface area contributed by atoms with E-state index >= 15 is 0 Å². The first-order chi connectivity index (χ1) is 9.80. The maximum absolute atomic E-state index is 5.74. The lowest BCUT2D eigenvalue weighted by molar-refractivity contribution is 0.120. The van der Waals surface area contributed by atoms with E-state index in [0.29, 0.717) is 6.54 Å². The summed E-state index contributed by atoms with van der Waals surface area (Å²) in [5, 5.41) is 0. The summed E-state index contributed by atoms with van der Waals surface area (Å²) in [6.45, 7) is 6.30. The normalized spacial score (nSPS) is 21.1. The SMILES string of the molecule is COc1ccc(CN)cc1CN1CCN(C2CC2)CC1. The molecule has 20 heavy (non-hydrogen) atoms. The third kappa shape index (κ3) is 3.14. The lowest BCUT2D eigenvalue weighted by Gasteiger charge is -2.35. The van der Waals surface area contributed by atoms with E-state index in [-0.39, 0.29) is 0 Å². The molecule has 1 aliphatic heterocycles. The van der Waals surface area contributed by atoms with Crippen molar-refractivity contribution >= 4 is 0 Å². The van der Waals surface area contributed by atoms with E-state index in [1.807, 2.05) is 12.1 Å². The van der Waals surface area contributed by atoms with Crippen LogP contribution in [0.25, 0.3) is 0 Å². The molecule has 3 rings (SSSR count). The molecular weight excluding hydrogens is 250 g/mol. The second kappa shape index (κ2) is 6.12. The molecule has 1 aromatic rings. The van der Waals surface area contributed by atoms with Gasteiger partial charge in [0.15, 0.2) is 0 Å². The summed E-state index contributed by atoms with van der Waals surface area (Å²) in [5.74, 6) is 0.979. The molecule has 0 spiro atoms. The monoisotopic (exact) mass is 275 g/mol. The molecule has 2 aliphatic rings. The van der Waals surface area contributed by atoms with Crippen LogP contribution in [-0.2, 0) is 13.1 Å². The molecule has 4 nitrogen and oxygen atoms in total. The van der Waals surface area contributed by atoms with Crippen LogP contribution < -0.4 is 10.5 Å². The number of nitrogens with two attached hydrogens (primary N) is 1. The van der Waals surface area contributed by atoms with E-state index in [4.69, 9.17) is 10.5 Å². The van der Waals surface area contributed by atoms with Gasteiger partial charge in [0.2, 0.25) is 0 Å². The predicted octanol–water partition coefficient (Wildman–Crippen LogP) is 1.43. The van der Waals surface area contributed by atoms with Crippen LogP contribution >= 0.6 is 0 Å². The van der Waals surface area contributed by atoms with Crippen molar-refractivity contribution in [2.24, 2.45) is 5.73 Å². The smallest absolute Gasteiger partial charge is 0.123 e. The number of rotatable bonds is 5. The van der Waals surface area contributed by atoms with E-state index in [1.54, 1.807) is 7.11 Å². The second-order valence-electron chi connectivity index (χ2n) is 5.89. The van der Waals surface area contributed by atoms with Gasteiger partial charge in [-0.2, -0.15) is 0 Å². The Morgan fingerprint density at radius 3 is 2.55 bits per heavy atom. The van der Waals surface area contributed by atoms with E-state index in [2.05, 4.69) is 15.9 Å². The Labute approximate surface area is 121 Å². The molecular formula is C16H25N3O. The quantitative estimate of drug-likeness (QED) is 0.883. The molecule has 1 aromatic carbocycles. The van der Waals surface area contributed by atoms with Gasteiger partial charge in [-0.25, -0.2) is 0 Å². The molecule has 1 saturated carbocycles. The molecule has 0 unspecified atom stereocenters. The van der Waals surface area contributed by atoms with Gasteiger partial charge in [0.25, 0.3) is 0 Å². The number of hydrogen-bond donors (Lipinski definition) is 1. The van der Waals surface area contributed by atoms with Gasteiger partial charge in [0, 0.05) is 50.9 Å². The highest BCUT2D eigenvalue weighted by Gasteiger charge is 2.31. The van der Waals surface area contributed by atoms with E-state index in [1.165, 1.54) is 37.1 Å². The lowest BCUT2D eigenvalue weighted by Crippen LogP contribution is -2.46. The molecule has 110 valence electrons. The second-order valence-corrected chi connectivity index (χ2v) is 5.89. The molecule has 1 aliphatic carbocycles. The first-order valence-electron chi connectivity index (χ1n) is 7.62. The van der Waals surface area contributed by atoms with Crippen molar-refractivity contribution in [3.63, 3.8) is 0 Å². The number of methoxy groups -OCH3 is 1. The van der Waals surface area contributed by atoms with Gasteiger partial charge >= 0.3 is 0 Å². The van der Waals surface area contributed by atoms with Crippen molar-refractivity contribution < 1.29 is 4.74 Å². The van der Waals surface area contributed by atoms with Gasteiger partial charge in [-0.1, -0.05) is 6.07 Å². The fourth-order valence-electron chi connectivity index (χ4n) is 3.05.